The van der Waals surface area contributed by atoms with Crippen LogP contribution in [0.5, 0.6) is 0 Å². The Balaban J connectivity index is 1.78. The molecule has 0 radical (unpaired) electrons. The Morgan fingerprint density at radius 2 is 1.80 bits per heavy atom. The lowest BCUT2D eigenvalue weighted by molar-refractivity contribution is -0.138. The van der Waals surface area contributed by atoms with Crippen molar-refractivity contribution in [3.05, 3.63) is 35.4 Å². The van der Waals surface area contributed by atoms with Crippen LogP contribution >= 0.6 is 0 Å². The molecule has 0 heterocycles. The second-order valence-electron chi connectivity index (χ2n) is 4.93. The summed E-state index contributed by atoms with van der Waals surface area (Å²) in [6.07, 6.45) is -0.491. The Kier molecular flexibility index (Phi) is 4.65. The monoisotopic (exact) mass is 287 g/mol. The van der Waals surface area contributed by atoms with Crippen LogP contribution < -0.4 is 5.48 Å². The standard InChI is InChI=1S/C14H16F3NO2/c15-14(16,17)12-7-5-10(6-8-12)9-20-18-13(19)11-3-1-2-4-11/h5-8,11H,1-4,9H2,(H,18,19). The zero-order valence-corrected chi connectivity index (χ0v) is 10.9. The molecule has 0 aliphatic heterocycles. The van der Waals surface area contributed by atoms with Crippen molar-refractivity contribution in [1.82, 2.24) is 5.48 Å². The SMILES string of the molecule is O=C(NOCc1ccc(C(F)(F)F)cc1)C1CCCC1. The van der Waals surface area contributed by atoms with Crippen LogP contribution in [-0.2, 0) is 22.4 Å². The highest BCUT2D eigenvalue weighted by atomic mass is 19.4. The minimum absolute atomic E-state index is 0.00241. The van der Waals surface area contributed by atoms with Crippen LogP contribution in [0, 0.1) is 5.92 Å². The second-order valence-corrected chi connectivity index (χ2v) is 4.93. The smallest absolute Gasteiger partial charge is 0.273 e. The number of alkyl halides is 3. The van der Waals surface area contributed by atoms with Gasteiger partial charge in [-0.2, -0.15) is 13.2 Å². The highest BCUT2D eigenvalue weighted by molar-refractivity contribution is 5.77. The maximum Gasteiger partial charge on any atom is 0.416 e. The summed E-state index contributed by atoms with van der Waals surface area (Å²) in [5, 5.41) is 0. The molecule has 0 unspecified atom stereocenters. The third kappa shape index (κ3) is 3.96. The van der Waals surface area contributed by atoms with Crippen molar-refractivity contribution in [2.24, 2.45) is 5.92 Å². The van der Waals surface area contributed by atoms with Crippen molar-refractivity contribution < 1.29 is 22.8 Å². The molecule has 3 nitrogen and oxygen atoms in total. The lowest BCUT2D eigenvalue weighted by Crippen LogP contribution is -2.29. The first kappa shape index (κ1) is 14.8. The van der Waals surface area contributed by atoms with E-state index in [9.17, 15) is 18.0 Å². The van der Waals surface area contributed by atoms with Crippen LogP contribution in [0.3, 0.4) is 0 Å². The average molecular weight is 287 g/mol. The van der Waals surface area contributed by atoms with E-state index in [2.05, 4.69) is 5.48 Å². The lowest BCUT2D eigenvalue weighted by atomic mass is 10.1. The normalized spacial score (nSPS) is 16.4. The van der Waals surface area contributed by atoms with Crippen molar-refractivity contribution >= 4 is 5.91 Å². The molecule has 20 heavy (non-hydrogen) atoms. The third-order valence-corrected chi connectivity index (χ3v) is 3.42. The van der Waals surface area contributed by atoms with Gasteiger partial charge in [0.15, 0.2) is 0 Å². The molecule has 0 atom stereocenters. The zero-order valence-electron chi connectivity index (χ0n) is 10.9. The van der Waals surface area contributed by atoms with Crippen LogP contribution in [0.2, 0.25) is 0 Å². The summed E-state index contributed by atoms with van der Waals surface area (Å²) in [5.74, 6) is -0.142. The largest absolute Gasteiger partial charge is 0.416 e. The molecule has 6 heteroatoms. The zero-order chi connectivity index (χ0) is 14.6. The average Bonchev–Trinajstić information content (AvgIpc) is 2.92. The molecule has 1 N–H and O–H groups in total. The molecule has 1 aliphatic carbocycles. The van der Waals surface area contributed by atoms with E-state index in [-0.39, 0.29) is 18.4 Å². The van der Waals surface area contributed by atoms with Crippen molar-refractivity contribution in [2.75, 3.05) is 0 Å². The number of carbonyl (C=O) groups is 1. The van der Waals surface area contributed by atoms with E-state index in [1.165, 1.54) is 12.1 Å². The van der Waals surface area contributed by atoms with E-state index >= 15 is 0 Å². The number of amides is 1. The van der Waals surface area contributed by atoms with Gasteiger partial charge in [-0.1, -0.05) is 25.0 Å². The number of hydrogen-bond acceptors (Lipinski definition) is 2. The maximum atomic E-state index is 12.4. The molecular weight excluding hydrogens is 271 g/mol. The predicted molar refractivity (Wildman–Crippen MR) is 66.3 cm³/mol. The highest BCUT2D eigenvalue weighted by Crippen LogP contribution is 2.29. The van der Waals surface area contributed by atoms with E-state index in [0.29, 0.717) is 5.56 Å². The van der Waals surface area contributed by atoms with Crippen molar-refractivity contribution in [1.29, 1.82) is 0 Å². The third-order valence-electron chi connectivity index (χ3n) is 3.42. The highest BCUT2D eigenvalue weighted by Gasteiger charge is 2.29. The topological polar surface area (TPSA) is 38.3 Å². The van der Waals surface area contributed by atoms with Crippen molar-refractivity contribution in [3.63, 3.8) is 0 Å². The fourth-order valence-corrected chi connectivity index (χ4v) is 2.25. The summed E-state index contributed by atoms with van der Waals surface area (Å²) in [6.45, 7) is 0.0522. The second kappa shape index (κ2) is 6.26. The van der Waals surface area contributed by atoms with E-state index in [4.69, 9.17) is 4.84 Å². The summed E-state index contributed by atoms with van der Waals surface area (Å²) < 4.78 is 37.1. The van der Waals surface area contributed by atoms with Gasteiger partial charge in [-0.15, -0.1) is 0 Å². The van der Waals surface area contributed by atoms with Gasteiger partial charge in [-0.25, -0.2) is 5.48 Å². The Morgan fingerprint density at radius 3 is 2.35 bits per heavy atom. The van der Waals surface area contributed by atoms with Gasteiger partial charge in [0, 0.05) is 5.92 Å². The van der Waals surface area contributed by atoms with Gasteiger partial charge in [0.1, 0.15) is 0 Å². The van der Waals surface area contributed by atoms with Gasteiger partial charge in [-0.3, -0.25) is 9.63 Å². The Hall–Kier alpha value is -1.56. The van der Waals surface area contributed by atoms with Crippen LogP contribution in [-0.4, -0.2) is 5.91 Å². The number of halogens is 3. The Morgan fingerprint density at radius 1 is 1.20 bits per heavy atom. The van der Waals surface area contributed by atoms with Gasteiger partial charge in [-0.05, 0) is 30.5 Å². The molecule has 0 aromatic heterocycles. The van der Waals surface area contributed by atoms with Crippen LogP contribution in [0.15, 0.2) is 24.3 Å². The van der Waals surface area contributed by atoms with Gasteiger partial charge in [0.25, 0.3) is 0 Å². The fraction of sp³-hybridized carbons (Fsp3) is 0.500. The number of carbonyl (C=O) groups excluding carboxylic acids is 1. The molecular formula is C14H16F3NO2. The minimum atomic E-state index is -4.34. The molecule has 2 rings (SSSR count). The molecule has 0 saturated heterocycles. The van der Waals surface area contributed by atoms with E-state index in [1.54, 1.807) is 0 Å². The first-order chi connectivity index (χ1) is 9.47. The molecule has 1 amide bonds. The molecule has 1 aromatic carbocycles. The van der Waals surface area contributed by atoms with Gasteiger partial charge >= 0.3 is 6.18 Å². The van der Waals surface area contributed by atoms with Crippen LogP contribution in [0.4, 0.5) is 13.2 Å². The first-order valence-electron chi connectivity index (χ1n) is 6.54. The molecule has 0 spiro atoms. The summed E-state index contributed by atoms with van der Waals surface area (Å²) >= 11 is 0. The van der Waals surface area contributed by atoms with E-state index in [1.807, 2.05) is 0 Å². The van der Waals surface area contributed by atoms with Crippen LogP contribution in [0.25, 0.3) is 0 Å². The van der Waals surface area contributed by atoms with Gasteiger partial charge in [0.2, 0.25) is 5.91 Å². The Labute approximate surface area is 115 Å². The summed E-state index contributed by atoms with van der Waals surface area (Å²) in [6, 6.07) is 4.67. The van der Waals surface area contributed by atoms with Gasteiger partial charge in [0.05, 0.1) is 12.2 Å². The van der Waals surface area contributed by atoms with Crippen molar-refractivity contribution in [3.8, 4) is 0 Å². The number of benzene rings is 1. The molecule has 1 saturated carbocycles. The maximum absolute atomic E-state index is 12.4. The summed E-state index contributed by atoms with van der Waals surface area (Å²) in [5.41, 5.74) is 2.23. The first-order valence-corrected chi connectivity index (χ1v) is 6.54. The predicted octanol–water partition coefficient (Wildman–Crippen LogP) is 3.44. The molecule has 110 valence electrons. The molecule has 1 aromatic rings. The number of hydrogen-bond donors (Lipinski definition) is 1. The minimum Gasteiger partial charge on any atom is -0.273 e. The molecule has 0 bridgehead atoms. The van der Waals surface area contributed by atoms with E-state index in [0.717, 1.165) is 37.8 Å². The molecule has 1 fully saturated rings. The van der Waals surface area contributed by atoms with Crippen molar-refractivity contribution in [2.45, 2.75) is 38.5 Å². The number of rotatable bonds is 4. The number of nitrogens with one attached hydrogen (secondary N) is 1. The molecule has 1 aliphatic rings. The fourth-order valence-electron chi connectivity index (χ4n) is 2.25. The quantitative estimate of drug-likeness (QED) is 0.861. The lowest BCUT2D eigenvalue weighted by Gasteiger charge is -2.11. The Bertz CT molecular complexity index is 450. The number of hydroxylamine groups is 1. The van der Waals surface area contributed by atoms with Crippen LogP contribution in [0.1, 0.15) is 36.8 Å². The van der Waals surface area contributed by atoms with E-state index < -0.39 is 11.7 Å². The van der Waals surface area contributed by atoms with Gasteiger partial charge < -0.3 is 0 Å². The summed E-state index contributed by atoms with van der Waals surface area (Å²) in [7, 11) is 0. The summed E-state index contributed by atoms with van der Waals surface area (Å²) in [4.78, 5) is 16.7.